The van der Waals surface area contributed by atoms with Gasteiger partial charge in [0.2, 0.25) is 0 Å². The number of carbonyl (C=O) groups excluding carboxylic acids is 2. The molecule has 2 N–H and O–H groups in total. The Bertz CT molecular complexity index is 1090. The van der Waals surface area contributed by atoms with Gasteiger partial charge in [-0.2, -0.15) is 0 Å². The van der Waals surface area contributed by atoms with Crippen LogP contribution in [0.1, 0.15) is 28.4 Å². The fraction of sp³-hybridized carbons (Fsp3) is 0.231. The van der Waals surface area contributed by atoms with Crippen LogP contribution in [0.2, 0.25) is 5.02 Å². The summed E-state index contributed by atoms with van der Waals surface area (Å²) >= 11 is 6.35. The first-order valence-corrected chi connectivity index (χ1v) is 11.1. The Morgan fingerprint density at radius 2 is 1.70 bits per heavy atom. The molecule has 3 aromatic rings. The van der Waals surface area contributed by atoms with Gasteiger partial charge in [0.1, 0.15) is 11.8 Å². The van der Waals surface area contributed by atoms with Crippen molar-refractivity contribution >= 4 is 29.1 Å². The Morgan fingerprint density at radius 3 is 2.33 bits per heavy atom. The molecule has 0 aliphatic carbocycles. The van der Waals surface area contributed by atoms with E-state index in [0.29, 0.717) is 23.6 Å². The first kappa shape index (κ1) is 24.1. The topological polar surface area (TPSA) is 70.7 Å². The molecule has 2 amide bonds. The second-order valence-corrected chi connectivity index (χ2v) is 7.95. The first-order chi connectivity index (χ1) is 15.9. The van der Waals surface area contributed by atoms with E-state index in [1.54, 1.807) is 19.2 Å². The minimum absolute atomic E-state index is 0.255. The summed E-state index contributed by atoms with van der Waals surface area (Å²) in [5.74, 6) is 0.0759. The van der Waals surface area contributed by atoms with Gasteiger partial charge >= 0.3 is 0 Å². The summed E-state index contributed by atoms with van der Waals surface area (Å²) in [5.41, 5.74) is 5.94. The average molecular weight is 466 g/mol. The van der Waals surface area contributed by atoms with Gasteiger partial charge in [-0.25, -0.2) is 0 Å². The van der Waals surface area contributed by atoms with Crippen molar-refractivity contribution in [2.45, 2.75) is 26.3 Å². The number of nitrogens with zero attached hydrogens (tertiary/aromatic N) is 1. The van der Waals surface area contributed by atoms with E-state index >= 15 is 0 Å². The Hall–Kier alpha value is -3.51. The molecule has 0 aromatic heterocycles. The molecule has 6 nitrogen and oxygen atoms in total. The van der Waals surface area contributed by atoms with Crippen LogP contribution in [0.25, 0.3) is 0 Å². The molecule has 33 heavy (non-hydrogen) atoms. The van der Waals surface area contributed by atoms with E-state index in [2.05, 4.69) is 10.7 Å². The largest absolute Gasteiger partial charge is 0.497 e. The lowest BCUT2D eigenvalue weighted by molar-refractivity contribution is -0.131. The molecule has 0 aliphatic heterocycles. The van der Waals surface area contributed by atoms with E-state index in [4.69, 9.17) is 16.3 Å². The Morgan fingerprint density at radius 1 is 1.00 bits per heavy atom. The molecule has 0 saturated heterocycles. The third-order valence-electron chi connectivity index (χ3n) is 5.26. The molecule has 3 rings (SSSR count). The van der Waals surface area contributed by atoms with Crippen molar-refractivity contribution in [3.05, 3.63) is 94.5 Å². The summed E-state index contributed by atoms with van der Waals surface area (Å²) < 4.78 is 5.19. The van der Waals surface area contributed by atoms with Crippen molar-refractivity contribution in [2.24, 2.45) is 0 Å². The molecular formula is C26H28ClN3O3. The van der Waals surface area contributed by atoms with Crippen LogP contribution in [-0.2, 0) is 11.2 Å². The van der Waals surface area contributed by atoms with Gasteiger partial charge < -0.3 is 10.1 Å². The molecule has 1 atom stereocenters. The molecule has 0 heterocycles. The van der Waals surface area contributed by atoms with Crippen LogP contribution in [0.4, 0.5) is 5.69 Å². The third-order valence-corrected chi connectivity index (χ3v) is 5.76. The lowest BCUT2D eigenvalue weighted by atomic mass is 10.0. The maximum Gasteiger partial charge on any atom is 0.263 e. The number of anilines is 1. The lowest BCUT2D eigenvalue weighted by Crippen LogP contribution is -2.51. The van der Waals surface area contributed by atoms with E-state index in [1.807, 2.05) is 74.5 Å². The third kappa shape index (κ3) is 6.26. The summed E-state index contributed by atoms with van der Waals surface area (Å²) in [6, 6.07) is 21.3. The standard InChI is InChI=1S/C26H28ClN3O3/c1-4-30(29-20-13-15-21(33-3)16-14-20)26(32)23(17-19-10-6-5-7-11-19)28-25(31)22-12-8-9-18(2)24(22)27/h5-16,23,29H,4,17H2,1-3H3,(H,28,31). The van der Waals surface area contributed by atoms with Crippen molar-refractivity contribution in [3.63, 3.8) is 0 Å². The minimum Gasteiger partial charge on any atom is -0.497 e. The number of ether oxygens (including phenoxy) is 1. The maximum atomic E-state index is 13.5. The Balaban J connectivity index is 1.84. The van der Waals surface area contributed by atoms with Gasteiger partial charge in [-0.05, 0) is 55.3 Å². The van der Waals surface area contributed by atoms with Crippen LogP contribution in [0, 0.1) is 6.92 Å². The second kappa shape index (κ2) is 11.4. The zero-order valence-electron chi connectivity index (χ0n) is 19.0. The quantitative estimate of drug-likeness (QED) is 0.442. The lowest BCUT2D eigenvalue weighted by Gasteiger charge is -2.28. The average Bonchev–Trinajstić information content (AvgIpc) is 2.84. The van der Waals surface area contributed by atoms with Crippen LogP contribution < -0.4 is 15.5 Å². The van der Waals surface area contributed by atoms with Gasteiger partial charge in [-0.1, -0.05) is 54.1 Å². The molecule has 172 valence electrons. The highest BCUT2D eigenvalue weighted by Gasteiger charge is 2.27. The van der Waals surface area contributed by atoms with E-state index in [0.717, 1.165) is 22.6 Å². The number of hydrogen-bond donors (Lipinski definition) is 2. The number of rotatable bonds is 9. The Kier molecular flexibility index (Phi) is 8.33. The van der Waals surface area contributed by atoms with Crippen LogP contribution in [0.3, 0.4) is 0 Å². The van der Waals surface area contributed by atoms with Gasteiger partial charge in [0.25, 0.3) is 11.8 Å². The number of benzene rings is 3. The van der Waals surface area contributed by atoms with Crippen molar-refractivity contribution in [1.82, 2.24) is 10.3 Å². The number of hydrazine groups is 1. The predicted octanol–water partition coefficient (Wildman–Crippen LogP) is 4.87. The normalized spacial score (nSPS) is 11.4. The fourth-order valence-corrected chi connectivity index (χ4v) is 3.62. The highest BCUT2D eigenvalue weighted by Crippen LogP contribution is 2.21. The highest BCUT2D eigenvalue weighted by molar-refractivity contribution is 6.34. The molecule has 0 radical (unpaired) electrons. The molecular weight excluding hydrogens is 438 g/mol. The van der Waals surface area contributed by atoms with E-state index in [1.165, 1.54) is 5.01 Å². The molecule has 1 unspecified atom stereocenters. The number of likely N-dealkylation sites (N-methyl/N-ethyl adjacent to an activating group) is 1. The summed E-state index contributed by atoms with van der Waals surface area (Å²) in [5, 5.41) is 4.77. The van der Waals surface area contributed by atoms with E-state index in [9.17, 15) is 9.59 Å². The van der Waals surface area contributed by atoms with Crippen LogP contribution >= 0.6 is 11.6 Å². The van der Waals surface area contributed by atoms with Crippen LogP contribution in [0.5, 0.6) is 5.75 Å². The molecule has 0 bridgehead atoms. The smallest absolute Gasteiger partial charge is 0.263 e. The number of carbonyl (C=O) groups is 2. The fourth-order valence-electron chi connectivity index (χ4n) is 3.41. The molecule has 0 spiro atoms. The van der Waals surface area contributed by atoms with Crippen molar-refractivity contribution < 1.29 is 14.3 Å². The van der Waals surface area contributed by atoms with Gasteiger partial charge in [-0.3, -0.25) is 20.0 Å². The second-order valence-electron chi connectivity index (χ2n) is 7.58. The van der Waals surface area contributed by atoms with Gasteiger partial charge in [0.15, 0.2) is 0 Å². The van der Waals surface area contributed by atoms with Crippen LogP contribution in [-0.4, -0.2) is 36.5 Å². The molecule has 0 fully saturated rings. The highest BCUT2D eigenvalue weighted by atomic mass is 35.5. The number of amides is 2. The molecule has 3 aromatic carbocycles. The predicted molar refractivity (Wildman–Crippen MR) is 132 cm³/mol. The maximum absolute atomic E-state index is 13.5. The first-order valence-electron chi connectivity index (χ1n) is 10.7. The minimum atomic E-state index is -0.790. The number of nitrogens with one attached hydrogen (secondary N) is 2. The summed E-state index contributed by atoms with van der Waals surface area (Å²) in [6.45, 7) is 4.10. The van der Waals surface area contributed by atoms with Crippen molar-refractivity contribution in [1.29, 1.82) is 0 Å². The summed E-state index contributed by atoms with van der Waals surface area (Å²) in [6.07, 6.45) is 0.343. The van der Waals surface area contributed by atoms with Gasteiger partial charge in [0, 0.05) is 13.0 Å². The van der Waals surface area contributed by atoms with Gasteiger partial charge in [-0.15, -0.1) is 0 Å². The summed E-state index contributed by atoms with van der Waals surface area (Å²) in [7, 11) is 1.60. The van der Waals surface area contributed by atoms with Crippen molar-refractivity contribution in [2.75, 3.05) is 19.1 Å². The summed E-state index contributed by atoms with van der Waals surface area (Å²) in [4.78, 5) is 26.6. The van der Waals surface area contributed by atoms with Gasteiger partial charge in [0.05, 0.1) is 23.4 Å². The van der Waals surface area contributed by atoms with E-state index in [-0.39, 0.29) is 5.91 Å². The number of aryl methyl sites for hydroxylation is 1. The number of methoxy groups -OCH3 is 1. The molecule has 7 heteroatoms. The Labute approximate surface area is 199 Å². The zero-order chi connectivity index (χ0) is 23.8. The van der Waals surface area contributed by atoms with E-state index < -0.39 is 11.9 Å². The number of hydrogen-bond acceptors (Lipinski definition) is 4. The van der Waals surface area contributed by atoms with Crippen molar-refractivity contribution in [3.8, 4) is 5.75 Å². The van der Waals surface area contributed by atoms with Crippen LogP contribution in [0.15, 0.2) is 72.8 Å². The molecule has 0 aliphatic rings. The molecule has 0 saturated carbocycles. The SMILES string of the molecule is CCN(Nc1ccc(OC)cc1)C(=O)C(Cc1ccccc1)NC(=O)c1cccc(C)c1Cl. The zero-order valence-corrected chi connectivity index (χ0v) is 19.7. The number of halogens is 1. The monoisotopic (exact) mass is 465 g/mol.